The van der Waals surface area contributed by atoms with Crippen molar-refractivity contribution in [1.82, 2.24) is 4.31 Å². The number of carboxylic acid groups (broad SMARTS) is 1. The number of hydrogen-bond acceptors (Lipinski definition) is 5. The molecule has 21 heavy (non-hydrogen) atoms. The van der Waals surface area contributed by atoms with Crippen molar-refractivity contribution in [3.63, 3.8) is 0 Å². The first-order valence-electron chi connectivity index (χ1n) is 6.24. The lowest BCUT2D eigenvalue weighted by Gasteiger charge is -2.24. The van der Waals surface area contributed by atoms with Gasteiger partial charge in [-0.3, -0.25) is 9.59 Å². The number of thioether (sulfide) groups is 1. The number of hydrogen-bond donors (Lipinski definition) is 1. The SMILES string of the molecule is CC(=O)c1cccc(S(=O)(=O)N2C(C)SCC2C(=O)O)c1. The van der Waals surface area contributed by atoms with Gasteiger partial charge in [0.2, 0.25) is 10.0 Å². The highest BCUT2D eigenvalue weighted by Gasteiger charge is 2.44. The van der Waals surface area contributed by atoms with Crippen molar-refractivity contribution >= 4 is 33.5 Å². The smallest absolute Gasteiger partial charge is 0.322 e. The van der Waals surface area contributed by atoms with E-state index in [1.54, 1.807) is 6.92 Å². The normalized spacial score (nSPS) is 23.1. The summed E-state index contributed by atoms with van der Waals surface area (Å²) in [5.74, 6) is -1.20. The summed E-state index contributed by atoms with van der Waals surface area (Å²) in [6.45, 7) is 3.00. The van der Waals surface area contributed by atoms with Gasteiger partial charge in [-0.2, -0.15) is 4.31 Å². The maximum absolute atomic E-state index is 12.7. The molecule has 1 saturated heterocycles. The van der Waals surface area contributed by atoms with E-state index in [1.165, 1.54) is 43.0 Å². The highest BCUT2D eigenvalue weighted by Crippen LogP contribution is 2.34. The van der Waals surface area contributed by atoms with Crippen LogP contribution >= 0.6 is 11.8 Å². The summed E-state index contributed by atoms with van der Waals surface area (Å²) in [5.41, 5.74) is 0.280. The second-order valence-corrected chi connectivity index (χ2v) is 7.90. The Balaban J connectivity index is 2.48. The third kappa shape index (κ3) is 2.97. The Kier molecular flexibility index (Phi) is 4.40. The van der Waals surface area contributed by atoms with E-state index >= 15 is 0 Å². The van der Waals surface area contributed by atoms with E-state index in [1.807, 2.05) is 0 Å². The molecule has 2 atom stereocenters. The molecular formula is C13H15NO5S2. The van der Waals surface area contributed by atoms with E-state index in [2.05, 4.69) is 0 Å². The van der Waals surface area contributed by atoms with Gasteiger partial charge < -0.3 is 5.11 Å². The molecule has 1 aliphatic rings. The molecule has 114 valence electrons. The number of sulfonamides is 1. The molecule has 1 aliphatic heterocycles. The Hall–Kier alpha value is -1.38. The molecule has 2 rings (SSSR count). The van der Waals surface area contributed by atoms with Crippen molar-refractivity contribution in [2.24, 2.45) is 0 Å². The molecule has 8 heteroatoms. The van der Waals surface area contributed by atoms with Crippen LogP contribution in [0.25, 0.3) is 0 Å². The van der Waals surface area contributed by atoms with Crippen LogP contribution in [0.2, 0.25) is 0 Å². The number of Topliss-reactive ketones (excluding diaryl/α,β-unsaturated/α-hetero) is 1. The van der Waals surface area contributed by atoms with Crippen LogP contribution in [0, 0.1) is 0 Å². The summed E-state index contributed by atoms with van der Waals surface area (Å²) >= 11 is 1.27. The number of rotatable bonds is 4. The first-order chi connectivity index (χ1) is 9.75. The summed E-state index contributed by atoms with van der Waals surface area (Å²) in [7, 11) is -3.96. The maximum atomic E-state index is 12.7. The first kappa shape index (κ1) is 16.0. The fourth-order valence-electron chi connectivity index (χ4n) is 2.17. The number of benzene rings is 1. The molecule has 1 aromatic rings. The number of ketones is 1. The van der Waals surface area contributed by atoms with Gasteiger partial charge in [-0.05, 0) is 26.0 Å². The molecule has 0 spiro atoms. The van der Waals surface area contributed by atoms with Crippen molar-refractivity contribution in [1.29, 1.82) is 0 Å². The minimum atomic E-state index is -3.96. The van der Waals surface area contributed by atoms with Crippen molar-refractivity contribution in [3.8, 4) is 0 Å². The third-order valence-electron chi connectivity index (χ3n) is 3.26. The molecule has 0 aliphatic carbocycles. The first-order valence-corrected chi connectivity index (χ1v) is 8.73. The molecule has 1 aromatic carbocycles. The van der Waals surface area contributed by atoms with Crippen LogP contribution in [0.1, 0.15) is 24.2 Å². The van der Waals surface area contributed by atoms with Crippen molar-refractivity contribution in [3.05, 3.63) is 29.8 Å². The average Bonchev–Trinajstić information content (AvgIpc) is 2.81. The highest BCUT2D eigenvalue weighted by atomic mass is 32.2. The largest absolute Gasteiger partial charge is 0.480 e. The Morgan fingerprint density at radius 2 is 2.05 bits per heavy atom. The van der Waals surface area contributed by atoms with Gasteiger partial charge in [-0.25, -0.2) is 8.42 Å². The molecule has 0 bridgehead atoms. The lowest BCUT2D eigenvalue weighted by Crippen LogP contribution is -2.44. The van der Waals surface area contributed by atoms with Gasteiger partial charge in [0.1, 0.15) is 6.04 Å². The van der Waals surface area contributed by atoms with Crippen LogP contribution in [0.3, 0.4) is 0 Å². The van der Waals surface area contributed by atoms with E-state index in [4.69, 9.17) is 0 Å². The third-order valence-corrected chi connectivity index (χ3v) is 6.59. The lowest BCUT2D eigenvalue weighted by molar-refractivity contribution is -0.140. The predicted octanol–water partition coefficient (Wildman–Crippen LogP) is 1.43. The standard InChI is InChI=1S/C13H15NO5S2/c1-8(15)10-4-3-5-11(6-10)21(18,19)14-9(2)20-7-12(14)13(16)17/h3-6,9,12H,7H2,1-2H3,(H,16,17). The number of nitrogens with zero attached hydrogens (tertiary/aromatic N) is 1. The summed E-state index contributed by atoms with van der Waals surface area (Å²) in [5, 5.41) is 8.72. The van der Waals surface area contributed by atoms with Crippen molar-refractivity contribution in [2.75, 3.05) is 5.75 Å². The van der Waals surface area contributed by atoms with Gasteiger partial charge in [0.15, 0.2) is 5.78 Å². The molecule has 0 saturated carbocycles. The number of carbonyl (C=O) groups is 2. The predicted molar refractivity (Wildman–Crippen MR) is 78.8 cm³/mol. The van der Waals surface area contributed by atoms with Crippen LogP contribution in [0.4, 0.5) is 0 Å². The molecule has 0 amide bonds. The van der Waals surface area contributed by atoms with E-state index < -0.39 is 27.4 Å². The Morgan fingerprint density at radius 1 is 1.38 bits per heavy atom. The quantitative estimate of drug-likeness (QED) is 0.840. The maximum Gasteiger partial charge on any atom is 0.322 e. The monoisotopic (exact) mass is 329 g/mol. The topological polar surface area (TPSA) is 91.8 Å². The number of carboxylic acids is 1. The molecule has 0 radical (unpaired) electrons. The molecule has 1 heterocycles. The van der Waals surface area contributed by atoms with E-state index in [9.17, 15) is 23.1 Å². The minimum Gasteiger partial charge on any atom is -0.480 e. The highest BCUT2D eigenvalue weighted by molar-refractivity contribution is 8.01. The van der Waals surface area contributed by atoms with Crippen molar-refractivity contribution in [2.45, 2.75) is 30.2 Å². The summed E-state index contributed by atoms with van der Waals surface area (Å²) in [6, 6.07) is 4.57. The minimum absolute atomic E-state index is 0.0594. The summed E-state index contributed by atoms with van der Waals surface area (Å²) in [6.07, 6.45) is 0. The molecule has 1 fully saturated rings. The van der Waals surface area contributed by atoms with E-state index in [-0.39, 0.29) is 22.0 Å². The zero-order valence-electron chi connectivity index (χ0n) is 11.5. The van der Waals surface area contributed by atoms with Crippen LogP contribution in [0.5, 0.6) is 0 Å². The number of carbonyl (C=O) groups excluding carboxylic acids is 1. The Labute approximate surface area is 127 Å². The molecule has 1 N–H and O–H groups in total. The van der Waals surface area contributed by atoms with Gasteiger partial charge in [0.05, 0.1) is 10.3 Å². The second-order valence-electron chi connectivity index (χ2n) is 4.71. The summed E-state index contributed by atoms with van der Waals surface area (Å²) < 4.78 is 26.3. The van der Waals surface area contributed by atoms with Gasteiger partial charge in [-0.1, -0.05) is 12.1 Å². The van der Waals surface area contributed by atoms with Gasteiger partial charge >= 0.3 is 5.97 Å². The van der Waals surface area contributed by atoms with Gasteiger partial charge in [0.25, 0.3) is 0 Å². The van der Waals surface area contributed by atoms with Crippen LogP contribution in [0.15, 0.2) is 29.2 Å². The molecule has 2 unspecified atom stereocenters. The zero-order valence-corrected chi connectivity index (χ0v) is 13.1. The Bertz CT molecular complexity index is 686. The Morgan fingerprint density at radius 3 is 2.62 bits per heavy atom. The lowest BCUT2D eigenvalue weighted by atomic mass is 10.2. The fourth-order valence-corrected chi connectivity index (χ4v) is 5.51. The number of aliphatic carboxylic acids is 1. The fraction of sp³-hybridized carbons (Fsp3) is 0.385. The van der Waals surface area contributed by atoms with Crippen LogP contribution in [-0.4, -0.2) is 46.8 Å². The molecule has 0 aromatic heterocycles. The molecular weight excluding hydrogens is 314 g/mol. The van der Waals surface area contributed by atoms with Crippen LogP contribution < -0.4 is 0 Å². The summed E-state index contributed by atoms with van der Waals surface area (Å²) in [4.78, 5) is 22.6. The van der Waals surface area contributed by atoms with Gasteiger partial charge in [0, 0.05) is 11.3 Å². The van der Waals surface area contributed by atoms with Crippen molar-refractivity contribution < 1.29 is 23.1 Å². The second kappa shape index (κ2) is 5.78. The van der Waals surface area contributed by atoms with Crippen LogP contribution in [-0.2, 0) is 14.8 Å². The zero-order chi connectivity index (χ0) is 15.8. The molecule has 6 nitrogen and oxygen atoms in total. The van der Waals surface area contributed by atoms with E-state index in [0.717, 1.165) is 4.31 Å². The van der Waals surface area contributed by atoms with E-state index in [0.29, 0.717) is 0 Å². The average molecular weight is 329 g/mol. The van der Waals surface area contributed by atoms with Gasteiger partial charge in [-0.15, -0.1) is 11.8 Å².